The molecule has 28 heavy (non-hydrogen) atoms. The summed E-state index contributed by atoms with van der Waals surface area (Å²) in [5, 5.41) is 34.9. The molecule has 0 saturated heterocycles. The highest BCUT2D eigenvalue weighted by Gasteiger charge is 2.37. The molecule has 0 aromatic carbocycles. The lowest BCUT2D eigenvalue weighted by Crippen LogP contribution is -2.17. The molecular weight excluding hydrogens is 374 g/mol. The number of hydrogen-bond acceptors (Lipinski definition) is 8. The zero-order chi connectivity index (χ0) is 21.0. The highest BCUT2D eigenvalue weighted by atomic mass is 16.4. The molecule has 0 unspecified atom stereocenters. The molecule has 1 fully saturated rings. The Morgan fingerprint density at radius 2 is 1.96 bits per heavy atom. The number of aliphatic carboxylic acids is 2. The summed E-state index contributed by atoms with van der Waals surface area (Å²) in [6, 6.07) is -0.263. The van der Waals surface area contributed by atoms with Crippen molar-refractivity contribution in [3.63, 3.8) is 0 Å². The number of hydrogen-bond donors (Lipinski definition) is 6. The van der Waals surface area contributed by atoms with E-state index < -0.39 is 23.6 Å². The van der Waals surface area contributed by atoms with Crippen molar-refractivity contribution in [1.82, 2.24) is 19.5 Å². The van der Waals surface area contributed by atoms with Crippen LogP contribution in [0, 0.1) is 5.92 Å². The van der Waals surface area contributed by atoms with Crippen LogP contribution in [0.3, 0.4) is 0 Å². The van der Waals surface area contributed by atoms with E-state index in [1.54, 1.807) is 4.57 Å². The Morgan fingerprint density at radius 1 is 1.36 bits per heavy atom. The number of fused-ring (bicyclic) bond motifs is 1. The van der Waals surface area contributed by atoms with E-state index in [0.717, 1.165) is 0 Å². The van der Waals surface area contributed by atoms with Crippen molar-refractivity contribution in [2.24, 2.45) is 5.92 Å². The van der Waals surface area contributed by atoms with Gasteiger partial charge in [-0.1, -0.05) is 6.58 Å². The second kappa shape index (κ2) is 8.45. The molecule has 1 aliphatic carbocycles. The maximum atomic E-state index is 11.7. The highest BCUT2D eigenvalue weighted by molar-refractivity contribution is 5.89. The van der Waals surface area contributed by atoms with E-state index in [1.165, 1.54) is 6.33 Å². The standard InChI is InChI=1S/C12H15N5O3.C4H4O4/c1-5-6(3-18)8(19)2-7(5)17-4-14-9-10(17)15-12(13)16-11(9)20;5-3(6)1-2-4(7)8/h4,6-8,18-19H,1-3H2,(H3,13,15,16,20);1-2H,(H,5,6)(H,7,8)/b;2-1-/t6-,7-,8-;/m0./s1. The van der Waals surface area contributed by atoms with E-state index in [4.69, 9.17) is 15.9 Å². The van der Waals surface area contributed by atoms with Gasteiger partial charge in [0.05, 0.1) is 25.1 Å². The van der Waals surface area contributed by atoms with Gasteiger partial charge in [0.15, 0.2) is 11.2 Å². The number of nitrogens with two attached hydrogens (primary N) is 1. The smallest absolute Gasteiger partial charge is 0.328 e. The number of nitrogens with zero attached hydrogens (tertiary/aromatic N) is 3. The summed E-state index contributed by atoms with van der Waals surface area (Å²) in [6.45, 7) is 3.76. The number of H-pyrrole nitrogens is 1. The van der Waals surface area contributed by atoms with Crippen LogP contribution in [0.2, 0.25) is 0 Å². The van der Waals surface area contributed by atoms with Crippen molar-refractivity contribution in [1.29, 1.82) is 0 Å². The molecule has 2 aromatic heterocycles. The number of carbonyl (C=O) groups is 2. The van der Waals surface area contributed by atoms with Gasteiger partial charge in [-0.3, -0.25) is 9.78 Å². The number of aliphatic hydroxyl groups is 2. The van der Waals surface area contributed by atoms with Crippen molar-refractivity contribution in [2.75, 3.05) is 12.3 Å². The Hall–Kier alpha value is -3.51. The topological polar surface area (TPSA) is 205 Å². The van der Waals surface area contributed by atoms with Crippen LogP contribution in [0.25, 0.3) is 11.2 Å². The molecule has 1 saturated carbocycles. The first-order valence-corrected chi connectivity index (χ1v) is 7.99. The van der Waals surface area contributed by atoms with E-state index >= 15 is 0 Å². The molecule has 0 bridgehead atoms. The average Bonchev–Trinajstić information content (AvgIpc) is 3.14. The first-order valence-electron chi connectivity index (χ1n) is 7.99. The Morgan fingerprint density at radius 3 is 2.46 bits per heavy atom. The van der Waals surface area contributed by atoms with Gasteiger partial charge in [0.2, 0.25) is 5.95 Å². The fourth-order valence-electron chi connectivity index (χ4n) is 2.88. The van der Waals surface area contributed by atoms with Crippen LogP contribution in [0.4, 0.5) is 5.95 Å². The first-order chi connectivity index (χ1) is 13.1. The van der Waals surface area contributed by atoms with Crippen LogP contribution >= 0.6 is 0 Å². The van der Waals surface area contributed by atoms with E-state index in [2.05, 4.69) is 21.5 Å². The molecule has 3 rings (SSSR count). The zero-order valence-electron chi connectivity index (χ0n) is 14.5. The minimum atomic E-state index is -1.26. The molecule has 12 nitrogen and oxygen atoms in total. The van der Waals surface area contributed by atoms with Crippen molar-refractivity contribution in [3.05, 3.63) is 41.0 Å². The van der Waals surface area contributed by atoms with Crippen molar-refractivity contribution in [3.8, 4) is 0 Å². The summed E-state index contributed by atoms with van der Waals surface area (Å²) in [5.74, 6) is -2.89. The van der Waals surface area contributed by atoms with Crippen LogP contribution in [0.15, 0.2) is 35.4 Å². The molecule has 0 spiro atoms. The van der Waals surface area contributed by atoms with Gasteiger partial charge in [0, 0.05) is 18.1 Å². The second-order valence-electron chi connectivity index (χ2n) is 5.97. The van der Waals surface area contributed by atoms with Gasteiger partial charge in [0.1, 0.15) is 0 Å². The summed E-state index contributed by atoms with van der Waals surface area (Å²) in [4.78, 5) is 41.3. The van der Waals surface area contributed by atoms with Gasteiger partial charge in [-0.15, -0.1) is 0 Å². The van der Waals surface area contributed by atoms with Crippen molar-refractivity contribution >= 4 is 29.1 Å². The molecular formula is C16H19N5O7. The third-order valence-electron chi connectivity index (χ3n) is 4.19. The number of nitrogens with one attached hydrogen (secondary N) is 1. The summed E-state index contributed by atoms with van der Waals surface area (Å²) in [6.07, 6.45) is 2.32. The maximum absolute atomic E-state index is 11.7. The van der Waals surface area contributed by atoms with E-state index in [0.29, 0.717) is 29.8 Å². The van der Waals surface area contributed by atoms with Gasteiger partial charge < -0.3 is 30.7 Å². The number of aliphatic hydroxyl groups excluding tert-OH is 2. The zero-order valence-corrected chi connectivity index (χ0v) is 14.5. The van der Waals surface area contributed by atoms with Crippen molar-refractivity contribution < 1.29 is 30.0 Å². The average molecular weight is 393 g/mol. The molecule has 2 aromatic rings. The number of aromatic amines is 1. The molecule has 0 amide bonds. The lowest BCUT2D eigenvalue weighted by Gasteiger charge is -2.15. The lowest BCUT2D eigenvalue weighted by atomic mass is 10.0. The predicted octanol–water partition coefficient (Wildman–Crippen LogP) is -1.12. The molecule has 3 atom stereocenters. The van der Waals surface area contributed by atoms with E-state index in [-0.39, 0.29) is 30.0 Å². The molecule has 7 N–H and O–H groups in total. The SMILES string of the molecule is C=C1[C@H](CO)[C@@H](O)C[C@@H]1n1cnc2c(=O)[nH]c(N)nc21.O=C(O)/C=C\C(=O)O. The largest absolute Gasteiger partial charge is 0.478 e. The third kappa shape index (κ3) is 4.42. The minimum absolute atomic E-state index is 0.00659. The Labute approximate surface area is 157 Å². The monoisotopic (exact) mass is 393 g/mol. The fourth-order valence-corrected chi connectivity index (χ4v) is 2.88. The second-order valence-corrected chi connectivity index (χ2v) is 5.97. The van der Waals surface area contributed by atoms with Gasteiger partial charge in [0.25, 0.3) is 5.56 Å². The normalized spacial score (nSPS) is 21.6. The minimum Gasteiger partial charge on any atom is -0.478 e. The summed E-state index contributed by atoms with van der Waals surface area (Å²) < 4.78 is 1.67. The Kier molecular flexibility index (Phi) is 6.28. The molecule has 2 heterocycles. The first kappa shape index (κ1) is 20.8. The summed E-state index contributed by atoms with van der Waals surface area (Å²) in [7, 11) is 0. The fraction of sp³-hybridized carbons (Fsp3) is 0.312. The van der Waals surface area contributed by atoms with Gasteiger partial charge in [-0.25, -0.2) is 14.6 Å². The molecule has 0 aliphatic heterocycles. The predicted molar refractivity (Wildman–Crippen MR) is 96.3 cm³/mol. The van der Waals surface area contributed by atoms with Gasteiger partial charge in [-0.2, -0.15) is 4.98 Å². The number of carboxylic acids is 2. The molecule has 150 valence electrons. The van der Waals surface area contributed by atoms with Crippen LogP contribution in [-0.4, -0.2) is 64.6 Å². The van der Waals surface area contributed by atoms with E-state index in [9.17, 15) is 24.6 Å². The van der Waals surface area contributed by atoms with Crippen LogP contribution in [-0.2, 0) is 9.59 Å². The molecule has 1 aliphatic rings. The van der Waals surface area contributed by atoms with Crippen LogP contribution in [0.1, 0.15) is 12.5 Å². The Bertz CT molecular complexity index is 977. The number of carboxylic acid groups (broad SMARTS) is 2. The summed E-state index contributed by atoms with van der Waals surface area (Å²) >= 11 is 0. The highest BCUT2D eigenvalue weighted by Crippen LogP contribution is 2.39. The van der Waals surface area contributed by atoms with Crippen LogP contribution in [0.5, 0.6) is 0 Å². The number of rotatable bonds is 4. The third-order valence-corrected chi connectivity index (χ3v) is 4.19. The number of imidazole rings is 1. The summed E-state index contributed by atoms with van der Waals surface area (Å²) in [5.41, 5.74) is 6.37. The van der Waals surface area contributed by atoms with Crippen LogP contribution < -0.4 is 11.3 Å². The number of anilines is 1. The maximum Gasteiger partial charge on any atom is 0.328 e. The van der Waals surface area contributed by atoms with Gasteiger partial charge >= 0.3 is 11.9 Å². The molecule has 0 radical (unpaired) electrons. The number of aromatic nitrogens is 4. The van der Waals surface area contributed by atoms with Crippen molar-refractivity contribution in [2.45, 2.75) is 18.6 Å². The number of nitrogen functional groups attached to an aromatic ring is 1. The van der Waals surface area contributed by atoms with E-state index in [1.807, 2.05) is 0 Å². The Balaban J connectivity index is 0.000000300. The molecule has 12 heteroatoms. The lowest BCUT2D eigenvalue weighted by molar-refractivity contribution is -0.134. The van der Waals surface area contributed by atoms with Gasteiger partial charge in [-0.05, 0) is 12.0 Å². The quantitative estimate of drug-likeness (QED) is 0.273.